The molecule has 0 spiro atoms. The van der Waals surface area contributed by atoms with E-state index in [1.807, 2.05) is 0 Å². The van der Waals surface area contributed by atoms with Crippen LogP contribution in [0.15, 0.2) is 0 Å². The van der Waals surface area contributed by atoms with Gasteiger partial charge in [0.25, 0.3) is 0 Å². The maximum Gasteiger partial charge on any atom is 0.0158 e. The lowest BCUT2D eigenvalue weighted by atomic mass is 9.80. The second-order valence-electron chi connectivity index (χ2n) is 5.53. The number of rotatable bonds is 7. The van der Waals surface area contributed by atoms with Crippen molar-refractivity contribution in [1.29, 1.82) is 0 Å². The van der Waals surface area contributed by atoms with E-state index >= 15 is 0 Å². The molecule has 0 aromatic heterocycles. The minimum absolute atomic E-state index is 0.514. The maximum atomic E-state index is 3.79. The number of nitrogens with zero attached hydrogens (tertiary/aromatic N) is 1. The molecule has 1 unspecified atom stereocenters. The van der Waals surface area contributed by atoms with Crippen LogP contribution in [-0.2, 0) is 0 Å². The van der Waals surface area contributed by atoms with Crippen LogP contribution in [0.2, 0.25) is 0 Å². The summed E-state index contributed by atoms with van der Waals surface area (Å²) in [5.41, 5.74) is 0.514. The van der Waals surface area contributed by atoms with Crippen LogP contribution in [-0.4, -0.2) is 40.9 Å². The minimum Gasteiger partial charge on any atom is -0.298 e. The Bertz CT molecular complexity index is 204. The van der Waals surface area contributed by atoms with E-state index in [0.29, 0.717) is 5.41 Å². The summed E-state index contributed by atoms with van der Waals surface area (Å²) in [5.74, 6) is 2.64. The molecular formula is C14H28BrNS. The highest BCUT2D eigenvalue weighted by Gasteiger charge is 2.32. The Morgan fingerprint density at radius 2 is 1.94 bits per heavy atom. The van der Waals surface area contributed by atoms with Gasteiger partial charge in [-0.3, -0.25) is 4.90 Å². The van der Waals surface area contributed by atoms with E-state index in [2.05, 4.69) is 53.4 Å². The third-order valence-corrected chi connectivity index (χ3v) is 6.27. The van der Waals surface area contributed by atoms with Gasteiger partial charge in [0.2, 0.25) is 0 Å². The summed E-state index contributed by atoms with van der Waals surface area (Å²) in [6, 6.07) is 0.765. The smallest absolute Gasteiger partial charge is 0.0158 e. The molecule has 1 fully saturated rings. The first kappa shape index (κ1) is 15.8. The Morgan fingerprint density at radius 3 is 2.41 bits per heavy atom. The van der Waals surface area contributed by atoms with E-state index in [1.54, 1.807) is 0 Å². The van der Waals surface area contributed by atoms with Crippen molar-refractivity contribution in [2.45, 2.75) is 52.5 Å². The van der Waals surface area contributed by atoms with Crippen LogP contribution < -0.4 is 0 Å². The van der Waals surface area contributed by atoms with Gasteiger partial charge >= 0.3 is 0 Å². The quantitative estimate of drug-likeness (QED) is 0.639. The van der Waals surface area contributed by atoms with Crippen LogP contribution in [0.25, 0.3) is 0 Å². The number of alkyl halides is 1. The summed E-state index contributed by atoms with van der Waals surface area (Å²) in [6.07, 6.45) is 5.34. The molecular weight excluding hydrogens is 294 g/mol. The Morgan fingerprint density at radius 1 is 1.29 bits per heavy atom. The lowest BCUT2D eigenvalue weighted by Gasteiger charge is -2.42. The average molecular weight is 322 g/mol. The van der Waals surface area contributed by atoms with Crippen molar-refractivity contribution in [3.05, 3.63) is 0 Å². The molecule has 0 saturated carbocycles. The number of hydrogen-bond donors (Lipinski definition) is 0. The molecule has 102 valence electrons. The fourth-order valence-corrected chi connectivity index (χ4v) is 4.77. The van der Waals surface area contributed by atoms with E-state index in [4.69, 9.17) is 0 Å². The summed E-state index contributed by atoms with van der Waals surface area (Å²) in [4.78, 5) is 2.73. The SMILES string of the molecule is CCCC(CBr)(CCC)CN1CCSCC1C. The van der Waals surface area contributed by atoms with Crippen molar-refractivity contribution >= 4 is 27.7 Å². The summed E-state index contributed by atoms with van der Waals surface area (Å²) in [5, 5.41) is 1.16. The van der Waals surface area contributed by atoms with Gasteiger partial charge in [-0.05, 0) is 25.2 Å². The molecule has 1 aliphatic heterocycles. The molecule has 3 heteroatoms. The van der Waals surface area contributed by atoms with Crippen LogP contribution in [0.5, 0.6) is 0 Å². The first-order chi connectivity index (χ1) is 8.17. The second kappa shape index (κ2) is 8.06. The summed E-state index contributed by atoms with van der Waals surface area (Å²) >= 11 is 5.90. The fourth-order valence-electron chi connectivity index (χ4n) is 2.95. The van der Waals surface area contributed by atoms with Crippen molar-refractivity contribution in [2.75, 3.05) is 29.9 Å². The fraction of sp³-hybridized carbons (Fsp3) is 1.00. The van der Waals surface area contributed by atoms with Gasteiger partial charge in [0.05, 0.1) is 0 Å². The van der Waals surface area contributed by atoms with E-state index in [-0.39, 0.29) is 0 Å². The normalized spacial score (nSPS) is 22.9. The molecule has 0 aliphatic carbocycles. The average Bonchev–Trinajstić information content (AvgIpc) is 2.33. The second-order valence-corrected chi connectivity index (χ2v) is 7.24. The summed E-state index contributed by atoms with van der Waals surface area (Å²) < 4.78 is 0. The van der Waals surface area contributed by atoms with Gasteiger partial charge in [-0.2, -0.15) is 11.8 Å². The predicted octanol–water partition coefficient (Wildman–Crippen LogP) is 4.41. The van der Waals surface area contributed by atoms with Crippen molar-refractivity contribution in [2.24, 2.45) is 5.41 Å². The Kier molecular flexibility index (Phi) is 7.51. The third kappa shape index (κ3) is 4.76. The van der Waals surface area contributed by atoms with Gasteiger partial charge in [-0.1, -0.05) is 42.6 Å². The highest BCUT2D eigenvalue weighted by atomic mass is 79.9. The standard InChI is InChI=1S/C14H28BrNS/c1-4-6-14(11-15,7-5-2)12-16-8-9-17-10-13(16)3/h13H,4-12H2,1-3H3. The van der Waals surface area contributed by atoms with Crippen LogP contribution >= 0.6 is 27.7 Å². The lowest BCUT2D eigenvalue weighted by molar-refractivity contribution is 0.125. The highest BCUT2D eigenvalue weighted by molar-refractivity contribution is 9.09. The van der Waals surface area contributed by atoms with Crippen LogP contribution in [0.4, 0.5) is 0 Å². The van der Waals surface area contributed by atoms with Gasteiger partial charge in [0.1, 0.15) is 0 Å². The molecule has 0 aromatic carbocycles. The van der Waals surface area contributed by atoms with Crippen LogP contribution in [0, 0.1) is 5.41 Å². The summed E-state index contributed by atoms with van der Waals surface area (Å²) in [7, 11) is 0. The van der Waals surface area contributed by atoms with Crippen molar-refractivity contribution in [3.8, 4) is 0 Å². The minimum atomic E-state index is 0.514. The van der Waals surface area contributed by atoms with Crippen molar-refractivity contribution in [3.63, 3.8) is 0 Å². The molecule has 0 aromatic rings. The molecule has 1 saturated heterocycles. The molecule has 0 radical (unpaired) electrons. The largest absolute Gasteiger partial charge is 0.298 e. The predicted molar refractivity (Wildman–Crippen MR) is 84.4 cm³/mol. The van der Waals surface area contributed by atoms with E-state index in [1.165, 1.54) is 50.3 Å². The number of halogens is 1. The lowest BCUT2D eigenvalue weighted by Crippen LogP contribution is -2.47. The molecule has 1 nitrogen and oxygen atoms in total. The van der Waals surface area contributed by atoms with E-state index in [0.717, 1.165) is 11.4 Å². The van der Waals surface area contributed by atoms with Gasteiger partial charge in [-0.15, -0.1) is 0 Å². The zero-order valence-corrected chi connectivity index (χ0v) is 14.1. The van der Waals surface area contributed by atoms with Gasteiger partial charge in [-0.25, -0.2) is 0 Å². The van der Waals surface area contributed by atoms with E-state index in [9.17, 15) is 0 Å². The maximum absolute atomic E-state index is 3.79. The molecule has 0 bridgehead atoms. The monoisotopic (exact) mass is 321 g/mol. The molecule has 1 heterocycles. The molecule has 1 atom stereocenters. The van der Waals surface area contributed by atoms with Gasteiger partial charge < -0.3 is 0 Å². The zero-order chi connectivity index (χ0) is 12.7. The molecule has 17 heavy (non-hydrogen) atoms. The molecule has 1 aliphatic rings. The summed E-state index contributed by atoms with van der Waals surface area (Å²) in [6.45, 7) is 9.61. The first-order valence-electron chi connectivity index (χ1n) is 7.05. The molecule has 1 rings (SSSR count). The van der Waals surface area contributed by atoms with Gasteiger partial charge in [0, 0.05) is 36.0 Å². The molecule has 0 N–H and O–H groups in total. The van der Waals surface area contributed by atoms with Crippen LogP contribution in [0.1, 0.15) is 46.5 Å². The Balaban J connectivity index is 2.62. The zero-order valence-electron chi connectivity index (χ0n) is 11.7. The van der Waals surface area contributed by atoms with E-state index < -0.39 is 0 Å². The first-order valence-corrected chi connectivity index (χ1v) is 9.33. The highest BCUT2D eigenvalue weighted by Crippen LogP contribution is 2.34. The third-order valence-electron chi connectivity index (χ3n) is 3.89. The number of hydrogen-bond acceptors (Lipinski definition) is 2. The van der Waals surface area contributed by atoms with Crippen molar-refractivity contribution in [1.82, 2.24) is 4.90 Å². The Labute approximate surface area is 120 Å². The number of thioether (sulfide) groups is 1. The van der Waals surface area contributed by atoms with Gasteiger partial charge in [0.15, 0.2) is 0 Å². The molecule has 0 amide bonds. The topological polar surface area (TPSA) is 3.24 Å². The van der Waals surface area contributed by atoms with Crippen molar-refractivity contribution < 1.29 is 0 Å². The van der Waals surface area contributed by atoms with Crippen LogP contribution in [0.3, 0.4) is 0 Å². The Hall–Kier alpha value is 0.790.